The molecule has 0 aromatic heterocycles. The van der Waals surface area contributed by atoms with Crippen LogP contribution in [-0.4, -0.2) is 7.42 Å². The molecule has 0 aromatic carbocycles. The maximum Gasteiger partial charge on any atom is 0.237 e. The molecule has 2 rings (SSSR count). The first kappa shape index (κ1) is 8.15. The van der Waals surface area contributed by atoms with Gasteiger partial charge in [-0.25, -0.2) is 0 Å². The van der Waals surface area contributed by atoms with Crippen LogP contribution in [0.4, 0.5) is 0 Å². The molecule has 1 saturated carbocycles. The van der Waals surface area contributed by atoms with Crippen molar-refractivity contribution < 1.29 is 0 Å². The number of allylic oxidation sites excluding steroid dienone is 2. The molecule has 3 heteroatoms. The Labute approximate surface area is 78.6 Å². The fraction of sp³-hybridized carbons (Fsp3) is 0.750. The quantitative estimate of drug-likeness (QED) is 0.371. The summed E-state index contributed by atoms with van der Waals surface area (Å²) >= 11 is 11.8. The van der Waals surface area contributed by atoms with Crippen molar-refractivity contribution in [1.82, 2.24) is 0 Å². The first-order valence-corrected chi connectivity index (χ1v) is 8.52. The summed E-state index contributed by atoms with van der Waals surface area (Å²) < 4.78 is 0. The molecule has 0 radical (unpaired) electrons. The van der Waals surface area contributed by atoms with E-state index in [1.165, 1.54) is 19.3 Å². The van der Waals surface area contributed by atoms with Gasteiger partial charge >= 0.3 is 0 Å². The predicted octanol–water partition coefficient (Wildman–Crippen LogP) is 3.04. The van der Waals surface area contributed by atoms with E-state index in [4.69, 9.17) is 22.2 Å². The molecule has 0 saturated heterocycles. The smallest absolute Gasteiger partial charge is 0.150 e. The van der Waals surface area contributed by atoms with Crippen molar-refractivity contribution in [3.63, 3.8) is 0 Å². The second-order valence-electron chi connectivity index (χ2n) is 3.65. The topological polar surface area (TPSA) is 0 Å². The number of hydrogen-bond acceptors (Lipinski definition) is 0. The molecule has 2 bridgehead atoms. The van der Waals surface area contributed by atoms with E-state index < -0.39 is 7.42 Å². The van der Waals surface area contributed by atoms with Crippen LogP contribution in [0.1, 0.15) is 19.3 Å². The highest BCUT2D eigenvalue weighted by Crippen LogP contribution is 2.46. The van der Waals surface area contributed by atoms with Gasteiger partial charge in [0.25, 0.3) is 0 Å². The second-order valence-corrected chi connectivity index (χ2v) is 8.74. The van der Waals surface area contributed by atoms with E-state index in [9.17, 15) is 0 Å². The van der Waals surface area contributed by atoms with E-state index >= 15 is 0 Å². The molecule has 1 fully saturated rings. The summed E-state index contributed by atoms with van der Waals surface area (Å²) in [5, 5.41) is 0. The minimum Gasteiger partial charge on any atom is -0.150 e. The lowest BCUT2D eigenvalue weighted by Crippen LogP contribution is -2.11. The lowest BCUT2D eigenvalue weighted by Gasteiger charge is -2.18. The summed E-state index contributed by atoms with van der Waals surface area (Å²) in [5.41, 5.74) is 1.67. The van der Waals surface area contributed by atoms with Crippen LogP contribution in [0, 0.1) is 11.8 Å². The number of rotatable bonds is 2. The van der Waals surface area contributed by atoms with E-state index in [-0.39, 0.29) is 0 Å². The first-order valence-electron chi connectivity index (χ1n) is 4.22. The van der Waals surface area contributed by atoms with Gasteiger partial charge in [-0.15, -0.1) is 0 Å². The Balaban J connectivity index is 1.93. The molecule has 0 N–H and O–H groups in total. The Morgan fingerprint density at radius 2 is 2.27 bits per heavy atom. The maximum atomic E-state index is 5.88. The molecular formula is C8H12Cl2Si. The monoisotopic (exact) mass is 206 g/mol. The second kappa shape index (κ2) is 3.12. The molecule has 2 unspecified atom stereocenters. The third-order valence-electron chi connectivity index (χ3n) is 2.91. The van der Waals surface area contributed by atoms with E-state index in [0.29, 0.717) is 0 Å². The van der Waals surface area contributed by atoms with Crippen LogP contribution in [0.25, 0.3) is 0 Å². The molecule has 0 heterocycles. The van der Waals surface area contributed by atoms with Crippen molar-refractivity contribution in [3.8, 4) is 0 Å². The van der Waals surface area contributed by atoms with E-state index in [0.717, 1.165) is 17.9 Å². The summed E-state index contributed by atoms with van der Waals surface area (Å²) in [4.78, 5) is 0. The highest BCUT2D eigenvalue weighted by molar-refractivity contribution is 7.33. The van der Waals surface area contributed by atoms with Gasteiger partial charge in [0.05, 0.1) is 0 Å². The zero-order chi connectivity index (χ0) is 7.84. The summed E-state index contributed by atoms with van der Waals surface area (Å²) in [6, 6.07) is 1.13. The number of fused-ring (bicyclic) bond motifs is 2. The highest BCUT2D eigenvalue weighted by atomic mass is 35.7. The van der Waals surface area contributed by atoms with Crippen LogP contribution < -0.4 is 0 Å². The average molecular weight is 207 g/mol. The van der Waals surface area contributed by atoms with Gasteiger partial charge in [0.1, 0.15) is 0 Å². The molecule has 0 spiro atoms. The third kappa shape index (κ3) is 1.66. The minimum atomic E-state index is -1.34. The van der Waals surface area contributed by atoms with Crippen LogP contribution in [0.2, 0.25) is 6.04 Å². The molecule has 0 aromatic rings. The van der Waals surface area contributed by atoms with Crippen LogP contribution >= 0.6 is 22.2 Å². The van der Waals surface area contributed by atoms with Gasteiger partial charge in [0.15, 0.2) is 0 Å². The minimum absolute atomic E-state index is 0.849. The van der Waals surface area contributed by atoms with Crippen molar-refractivity contribution in [2.24, 2.45) is 11.8 Å². The molecule has 2 atom stereocenters. The molecule has 0 aliphatic heterocycles. The zero-order valence-corrected chi connectivity index (χ0v) is 9.06. The molecule has 2 aliphatic rings. The van der Waals surface area contributed by atoms with Gasteiger partial charge in [-0.05, 0) is 37.1 Å². The van der Waals surface area contributed by atoms with Gasteiger partial charge in [0, 0.05) is 0 Å². The van der Waals surface area contributed by atoms with Gasteiger partial charge in [-0.1, -0.05) is 11.6 Å². The summed E-state index contributed by atoms with van der Waals surface area (Å²) in [5.74, 6) is 1.76. The Kier molecular flexibility index (Phi) is 2.31. The molecule has 0 nitrogen and oxygen atoms in total. The summed E-state index contributed by atoms with van der Waals surface area (Å²) in [6.07, 6.45) is 6.35. The Morgan fingerprint density at radius 3 is 2.73 bits per heavy atom. The summed E-state index contributed by atoms with van der Waals surface area (Å²) in [7, 11) is -1.34. The van der Waals surface area contributed by atoms with Crippen molar-refractivity contribution in [2.75, 3.05) is 0 Å². The molecule has 0 amide bonds. The molecule has 2 aliphatic carbocycles. The standard InChI is InChI=1S/C8H12Cl2Si/c9-11(10)5-8-4-6-1-2-7(8)3-6/h1,7-8,11H,2-5H2. The Morgan fingerprint density at radius 1 is 1.45 bits per heavy atom. The summed E-state index contributed by atoms with van der Waals surface area (Å²) in [6.45, 7) is 0. The molecular weight excluding hydrogens is 195 g/mol. The Hall–Kier alpha value is 0.537. The van der Waals surface area contributed by atoms with Crippen molar-refractivity contribution in [1.29, 1.82) is 0 Å². The van der Waals surface area contributed by atoms with Crippen LogP contribution in [-0.2, 0) is 0 Å². The fourth-order valence-corrected chi connectivity index (χ4v) is 4.74. The number of halogens is 2. The third-order valence-corrected chi connectivity index (χ3v) is 4.94. The van der Waals surface area contributed by atoms with Gasteiger partial charge in [-0.3, -0.25) is 0 Å². The average Bonchev–Trinajstić information content (AvgIpc) is 2.45. The Bertz CT molecular complexity index is 189. The van der Waals surface area contributed by atoms with Crippen LogP contribution in [0.5, 0.6) is 0 Å². The zero-order valence-electron chi connectivity index (χ0n) is 6.39. The van der Waals surface area contributed by atoms with Crippen LogP contribution in [0.15, 0.2) is 11.6 Å². The highest BCUT2D eigenvalue weighted by Gasteiger charge is 2.34. The van der Waals surface area contributed by atoms with Crippen LogP contribution in [0.3, 0.4) is 0 Å². The normalized spacial score (nSPS) is 35.0. The van der Waals surface area contributed by atoms with E-state index in [1.807, 2.05) is 0 Å². The molecule has 11 heavy (non-hydrogen) atoms. The van der Waals surface area contributed by atoms with Crippen molar-refractivity contribution in [3.05, 3.63) is 11.6 Å². The first-order chi connectivity index (χ1) is 5.25. The lowest BCUT2D eigenvalue weighted by molar-refractivity contribution is 0.423. The van der Waals surface area contributed by atoms with Crippen molar-refractivity contribution in [2.45, 2.75) is 25.3 Å². The predicted molar refractivity (Wildman–Crippen MR) is 52.6 cm³/mol. The maximum absolute atomic E-state index is 5.88. The van der Waals surface area contributed by atoms with Gasteiger partial charge < -0.3 is 0 Å². The van der Waals surface area contributed by atoms with Gasteiger partial charge in [0.2, 0.25) is 7.42 Å². The van der Waals surface area contributed by atoms with Gasteiger partial charge in [-0.2, -0.15) is 22.2 Å². The van der Waals surface area contributed by atoms with Crippen molar-refractivity contribution >= 4 is 29.6 Å². The largest absolute Gasteiger partial charge is 0.237 e. The number of hydrogen-bond donors (Lipinski definition) is 0. The fourth-order valence-electron chi connectivity index (χ4n) is 2.36. The lowest BCUT2D eigenvalue weighted by atomic mass is 9.94. The van der Waals surface area contributed by atoms with E-state index in [2.05, 4.69) is 6.08 Å². The molecule has 62 valence electrons. The van der Waals surface area contributed by atoms with E-state index in [1.54, 1.807) is 5.57 Å². The SMILES string of the molecule is Cl[SiH](Cl)CC1CC2=CCC1C2.